The molecule has 0 heterocycles. The first kappa shape index (κ1) is 9.09. The van der Waals surface area contributed by atoms with Crippen LogP contribution in [0.3, 0.4) is 0 Å². The quantitative estimate of drug-likeness (QED) is 0.305. The largest absolute Gasteiger partial charge is 0.515 e. The first-order valence-electron chi connectivity index (χ1n) is 1.16. The van der Waals surface area contributed by atoms with Crippen LogP contribution in [-0.4, -0.2) is 11.4 Å². The molecular formula is C3H5ClO2. The molecule has 0 fully saturated rings. The summed E-state index contributed by atoms with van der Waals surface area (Å²) in [6, 6.07) is 0. The summed E-state index contributed by atoms with van der Waals surface area (Å²) in [6.07, 6.45) is 2.19. The lowest BCUT2D eigenvalue weighted by Gasteiger charge is -1.54. The van der Waals surface area contributed by atoms with Gasteiger partial charge in [-0.3, -0.25) is 4.79 Å². The molecule has 0 radical (unpaired) electrons. The van der Waals surface area contributed by atoms with Gasteiger partial charge in [0, 0.05) is 6.08 Å². The van der Waals surface area contributed by atoms with Gasteiger partial charge in [-0.2, -0.15) is 0 Å². The van der Waals surface area contributed by atoms with Crippen LogP contribution in [0.5, 0.6) is 0 Å². The van der Waals surface area contributed by atoms with E-state index in [4.69, 9.17) is 9.90 Å². The second-order valence-corrected chi connectivity index (χ2v) is 0.478. The van der Waals surface area contributed by atoms with Gasteiger partial charge in [0.15, 0.2) is 0 Å². The smallest absolute Gasteiger partial charge is 0.145 e. The fourth-order valence-corrected chi connectivity index (χ4v) is 0.0351. The average molecular weight is 109 g/mol. The minimum atomic E-state index is 0. The van der Waals surface area contributed by atoms with Crippen LogP contribution in [0.25, 0.3) is 0 Å². The van der Waals surface area contributed by atoms with Gasteiger partial charge in [0.1, 0.15) is 6.29 Å². The van der Waals surface area contributed by atoms with Crippen molar-refractivity contribution in [2.24, 2.45) is 0 Å². The third-order valence-electron chi connectivity index (χ3n) is 0.165. The standard InChI is InChI=1S/C3H4O2.ClH/c4-2-1-3-5;/h1-4H;1H. The average Bonchev–Trinajstić information content (AvgIpc) is 1.41. The van der Waals surface area contributed by atoms with E-state index in [1.54, 1.807) is 0 Å². The highest BCUT2D eigenvalue weighted by Crippen LogP contribution is 1.49. The van der Waals surface area contributed by atoms with Crippen LogP contribution in [-0.2, 0) is 4.79 Å². The SMILES string of the molecule is Cl.O=CC=CO. The van der Waals surface area contributed by atoms with Crippen LogP contribution in [0.1, 0.15) is 0 Å². The Kier molecular flexibility index (Phi) is 13.4. The Morgan fingerprint density at radius 1 is 1.50 bits per heavy atom. The van der Waals surface area contributed by atoms with Gasteiger partial charge < -0.3 is 5.11 Å². The van der Waals surface area contributed by atoms with E-state index in [9.17, 15) is 0 Å². The third kappa shape index (κ3) is 9.72. The lowest BCUT2D eigenvalue weighted by atomic mass is 10.7. The Hall–Kier alpha value is -0.500. The first-order valence-corrected chi connectivity index (χ1v) is 1.16. The highest BCUT2D eigenvalue weighted by molar-refractivity contribution is 5.85. The normalized spacial score (nSPS) is 7.33. The number of allylic oxidation sites excluding steroid dienone is 1. The molecule has 0 aromatic heterocycles. The van der Waals surface area contributed by atoms with Crippen LogP contribution in [0.2, 0.25) is 0 Å². The van der Waals surface area contributed by atoms with Crippen LogP contribution in [0.15, 0.2) is 12.3 Å². The second kappa shape index (κ2) is 8.82. The fourth-order valence-electron chi connectivity index (χ4n) is 0.0351. The Morgan fingerprint density at radius 2 is 2.00 bits per heavy atom. The highest BCUT2D eigenvalue weighted by Gasteiger charge is 1.50. The Morgan fingerprint density at radius 3 is 2.00 bits per heavy atom. The van der Waals surface area contributed by atoms with Crippen LogP contribution >= 0.6 is 12.4 Å². The van der Waals surface area contributed by atoms with E-state index in [-0.39, 0.29) is 12.4 Å². The van der Waals surface area contributed by atoms with Gasteiger partial charge in [-0.25, -0.2) is 0 Å². The maximum absolute atomic E-state index is 9.16. The molecule has 0 aliphatic heterocycles. The number of hydrogen-bond donors (Lipinski definition) is 1. The predicted molar refractivity (Wildman–Crippen MR) is 25.1 cm³/mol. The van der Waals surface area contributed by atoms with Crippen LogP contribution < -0.4 is 0 Å². The number of carbonyl (C=O) groups is 1. The third-order valence-corrected chi connectivity index (χ3v) is 0.165. The molecule has 0 atom stereocenters. The van der Waals surface area contributed by atoms with Gasteiger partial charge in [0.05, 0.1) is 6.26 Å². The van der Waals surface area contributed by atoms with E-state index in [0.717, 1.165) is 6.08 Å². The predicted octanol–water partition coefficient (Wildman–Crippen LogP) is 0.679. The summed E-state index contributed by atoms with van der Waals surface area (Å²) >= 11 is 0. The number of aliphatic hydroxyl groups is 1. The molecule has 0 bridgehead atoms. The first-order chi connectivity index (χ1) is 2.41. The van der Waals surface area contributed by atoms with E-state index >= 15 is 0 Å². The Labute approximate surface area is 41.9 Å². The Balaban J connectivity index is 0. The molecule has 0 aromatic rings. The second-order valence-electron chi connectivity index (χ2n) is 0.478. The van der Waals surface area contributed by atoms with E-state index < -0.39 is 0 Å². The van der Waals surface area contributed by atoms with Crippen molar-refractivity contribution in [3.05, 3.63) is 12.3 Å². The van der Waals surface area contributed by atoms with E-state index in [1.165, 1.54) is 0 Å². The van der Waals surface area contributed by atoms with Crippen molar-refractivity contribution in [2.45, 2.75) is 0 Å². The molecule has 0 saturated heterocycles. The van der Waals surface area contributed by atoms with E-state index in [0.29, 0.717) is 12.5 Å². The number of aldehydes is 1. The lowest BCUT2D eigenvalue weighted by Crippen LogP contribution is -1.53. The number of halogens is 1. The molecule has 0 amide bonds. The Bertz CT molecular complexity index is 50.8. The molecule has 2 nitrogen and oxygen atoms in total. The molecule has 3 heteroatoms. The van der Waals surface area contributed by atoms with Crippen molar-refractivity contribution in [1.29, 1.82) is 0 Å². The topological polar surface area (TPSA) is 37.3 Å². The zero-order valence-corrected chi connectivity index (χ0v) is 3.81. The highest BCUT2D eigenvalue weighted by atomic mass is 35.5. The van der Waals surface area contributed by atoms with Gasteiger partial charge in [0.25, 0.3) is 0 Å². The lowest BCUT2D eigenvalue weighted by molar-refractivity contribution is -0.104. The number of carbonyl (C=O) groups excluding carboxylic acids is 1. The van der Waals surface area contributed by atoms with Crippen LogP contribution in [0, 0.1) is 0 Å². The molecule has 0 unspecified atom stereocenters. The fraction of sp³-hybridized carbons (Fsp3) is 0. The van der Waals surface area contributed by atoms with Gasteiger partial charge >= 0.3 is 0 Å². The molecule has 0 aliphatic rings. The summed E-state index contributed by atoms with van der Waals surface area (Å²) in [4.78, 5) is 9.16. The van der Waals surface area contributed by atoms with E-state index in [2.05, 4.69) is 0 Å². The molecular weight excluding hydrogens is 103 g/mol. The molecule has 6 heavy (non-hydrogen) atoms. The molecule has 0 spiro atoms. The molecule has 36 valence electrons. The maximum Gasteiger partial charge on any atom is 0.145 e. The molecule has 0 saturated carbocycles. The maximum atomic E-state index is 9.16. The summed E-state index contributed by atoms with van der Waals surface area (Å²) in [5.74, 6) is 0. The molecule has 1 N–H and O–H groups in total. The summed E-state index contributed by atoms with van der Waals surface area (Å²) in [5.41, 5.74) is 0. The van der Waals surface area contributed by atoms with Gasteiger partial charge in [-0.1, -0.05) is 0 Å². The van der Waals surface area contributed by atoms with Crippen LogP contribution in [0.4, 0.5) is 0 Å². The van der Waals surface area contributed by atoms with E-state index in [1.807, 2.05) is 0 Å². The molecule has 0 aliphatic carbocycles. The minimum Gasteiger partial charge on any atom is -0.515 e. The molecule has 0 aromatic carbocycles. The van der Waals surface area contributed by atoms with Crippen molar-refractivity contribution in [3.63, 3.8) is 0 Å². The minimum absolute atomic E-state index is 0. The number of hydrogen-bond acceptors (Lipinski definition) is 2. The van der Waals surface area contributed by atoms with Gasteiger partial charge in [0.2, 0.25) is 0 Å². The summed E-state index contributed by atoms with van der Waals surface area (Å²) in [7, 11) is 0. The molecule has 0 rings (SSSR count). The number of rotatable bonds is 1. The van der Waals surface area contributed by atoms with Crippen molar-refractivity contribution >= 4 is 18.7 Å². The summed E-state index contributed by atoms with van der Waals surface area (Å²) in [6.45, 7) is 0. The van der Waals surface area contributed by atoms with Gasteiger partial charge in [-0.05, 0) is 0 Å². The van der Waals surface area contributed by atoms with Crippen molar-refractivity contribution in [2.75, 3.05) is 0 Å². The summed E-state index contributed by atoms with van der Waals surface area (Å²) in [5, 5.41) is 7.65. The van der Waals surface area contributed by atoms with Crippen molar-refractivity contribution in [1.82, 2.24) is 0 Å². The zero-order chi connectivity index (χ0) is 4.12. The van der Waals surface area contributed by atoms with Crippen molar-refractivity contribution < 1.29 is 9.90 Å². The van der Waals surface area contributed by atoms with Crippen molar-refractivity contribution in [3.8, 4) is 0 Å². The van der Waals surface area contributed by atoms with Gasteiger partial charge in [-0.15, -0.1) is 12.4 Å². The number of aliphatic hydroxyl groups excluding tert-OH is 1. The summed E-state index contributed by atoms with van der Waals surface area (Å²) < 4.78 is 0. The monoisotopic (exact) mass is 108 g/mol. The zero-order valence-electron chi connectivity index (χ0n) is 3.00.